The summed E-state index contributed by atoms with van der Waals surface area (Å²) >= 11 is 0. The quantitative estimate of drug-likeness (QED) is 0.785. The maximum Gasteiger partial charge on any atom is 0.303 e. The van der Waals surface area contributed by atoms with Gasteiger partial charge in [-0.15, -0.1) is 0 Å². The van der Waals surface area contributed by atoms with Crippen LogP contribution in [0.15, 0.2) is 30.3 Å². The molecule has 76 valence electrons. The summed E-state index contributed by atoms with van der Waals surface area (Å²) < 4.78 is 12.2. The lowest BCUT2D eigenvalue weighted by Gasteiger charge is -2.12. The molecule has 0 aromatic heterocycles. The Kier molecular flexibility index (Phi) is 4.11. The Bertz CT molecular complexity index is 285. The van der Waals surface area contributed by atoms with Crippen LogP contribution >= 0.6 is 0 Å². The van der Waals surface area contributed by atoms with Crippen LogP contribution in [0.3, 0.4) is 0 Å². The topological polar surface area (TPSA) is 37.3 Å². The Morgan fingerprint density at radius 3 is 2.50 bits per heavy atom. The van der Waals surface area contributed by atoms with Crippen molar-refractivity contribution < 1.29 is 14.3 Å². The van der Waals surface area contributed by atoms with Crippen LogP contribution < -0.4 is 0 Å². The summed E-state index contributed by atoms with van der Waals surface area (Å²) in [7, 11) is 0. The molecule has 0 fully saturated rings. The molecule has 1 atom stereocenters. The van der Waals surface area contributed by atoms with Gasteiger partial charge < -0.3 is 5.11 Å². The van der Waals surface area contributed by atoms with Gasteiger partial charge in [-0.25, -0.2) is 0 Å². The number of alkyl halides is 1. The number of carbonyl (C=O) groups is 1. The van der Waals surface area contributed by atoms with Gasteiger partial charge in [0.15, 0.2) is 0 Å². The minimum Gasteiger partial charge on any atom is -0.481 e. The molecule has 3 heteroatoms. The predicted molar refractivity (Wildman–Crippen MR) is 52.0 cm³/mol. The van der Waals surface area contributed by atoms with Gasteiger partial charge in [0, 0.05) is 0 Å². The van der Waals surface area contributed by atoms with E-state index < -0.39 is 12.6 Å². The lowest BCUT2D eigenvalue weighted by molar-refractivity contribution is -0.137. The molecule has 1 aromatic rings. The third-order valence-corrected chi connectivity index (χ3v) is 2.15. The van der Waals surface area contributed by atoms with E-state index in [1.807, 2.05) is 30.3 Å². The first-order chi connectivity index (χ1) is 6.74. The van der Waals surface area contributed by atoms with Crippen molar-refractivity contribution in [2.75, 3.05) is 6.67 Å². The van der Waals surface area contributed by atoms with E-state index in [4.69, 9.17) is 5.11 Å². The highest BCUT2D eigenvalue weighted by Crippen LogP contribution is 2.23. The van der Waals surface area contributed by atoms with E-state index in [0.717, 1.165) is 5.56 Å². The van der Waals surface area contributed by atoms with Gasteiger partial charge in [0.1, 0.15) is 0 Å². The molecule has 0 aliphatic rings. The smallest absolute Gasteiger partial charge is 0.303 e. The van der Waals surface area contributed by atoms with Gasteiger partial charge >= 0.3 is 5.97 Å². The number of carboxylic acids is 1. The first-order valence-electron chi connectivity index (χ1n) is 4.56. The fraction of sp³-hybridized carbons (Fsp3) is 0.364. The van der Waals surface area contributed by atoms with E-state index in [0.29, 0.717) is 0 Å². The Hall–Kier alpha value is -1.38. The van der Waals surface area contributed by atoms with E-state index in [1.54, 1.807) is 0 Å². The Labute approximate surface area is 82.4 Å². The highest BCUT2D eigenvalue weighted by Gasteiger charge is 2.14. The third kappa shape index (κ3) is 3.17. The number of halogens is 1. The van der Waals surface area contributed by atoms with Crippen LogP contribution in [0.1, 0.15) is 24.3 Å². The maximum atomic E-state index is 12.2. The zero-order chi connectivity index (χ0) is 10.4. The van der Waals surface area contributed by atoms with E-state index >= 15 is 0 Å². The first-order valence-corrected chi connectivity index (χ1v) is 4.56. The molecular formula is C11H13FO2. The number of rotatable bonds is 5. The molecule has 0 amide bonds. The molecule has 0 bridgehead atoms. The van der Waals surface area contributed by atoms with Crippen LogP contribution in [-0.2, 0) is 4.79 Å². The van der Waals surface area contributed by atoms with Gasteiger partial charge in [-0.3, -0.25) is 9.18 Å². The SMILES string of the molecule is O=C(O)CC(CCF)c1ccccc1. The summed E-state index contributed by atoms with van der Waals surface area (Å²) in [5.74, 6) is -1.09. The minimum atomic E-state index is -0.882. The summed E-state index contributed by atoms with van der Waals surface area (Å²) in [5, 5.41) is 8.65. The molecule has 0 aliphatic heterocycles. The number of hydrogen-bond acceptors (Lipinski definition) is 1. The molecule has 1 N–H and O–H groups in total. The van der Waals surface area contributed by atoms with Gasteiger partial charge in [0.2, 0.25) is 0 Å². The summed E-state index contributed by atoms with van der Waals surface area (Å²) in [6.45, 7) is -0.479. The minimum absolute atomic E-state index is 0.00602. The molecule has 0 saturated carbocycles. The Morgan fingerprint density at radius 1 is 1.36 bits per heavy atom. The van der Waals surface area contributed by atoms with Crippen molar-refractivity contribution >= 4 is 5.97 Å². The molecule has 14 heavy (non-hydrogen) atoms. The average molecular weight is 196 g/mol. The molecule has 0 aliphatic carbocycles. The lowest BCUT2D eigenvalue weighted by Crippen LogP contribution is -2.07. The van der Waals surface area contributed by atoms with Gasteiger partial charge in [-0.1, -0.05) is 30.3 Å². The molecule has 0 heterocycles. The van der Waals surface area contributed by atoms with Crippen molar-refractivity contribution in [1.29, 1.82) is 0 Å². The molecule has 1 unspecified atom stereocenters. The zero-order valence-electron chi connectivity index (χ0n) is 7.82. The summed E-state index contributed by atoms with van der Waals surface area (Å²) in [6, 6.07) is 9.20. The number of aliphatic carboxylic acids is 1. The maximum absolute atomic E-state index is 12.2. The summed E-state index contributed by atoms with van der Waals surface area (Å²) in [6.07, 6.45) is 0.268. The van der Waals surface area contributed by atoms with E-state index in [2.05, 4.69) is 0 Å². The normalized spacial score (nSPS) is 12.4. The van der Waals surface area contributed by atoms with E-state index in [-0.39, 0.29) is 18.8 Å². The van der Waals surface area contributed by atoms with Crippen LogP contribution in [0.4, 0.5) is 4.39 Å². The highest BCUT2D eigenvalue weighted by molar-refractivity contribution is 5.68. The Morgan fingerprint density at radius 2 is 2.00 bits per heavy atom. The van der Waals surface area contributed by atoms with Crippen molar-refractivity contribution in [3.8, 4) is 0 Å². The Balaban J connectivity index is 2.72. The van der Waals surface area contributed by atoms with Crippen LogP contribution in [0.5, 0.6) is 0 Å². The molecule has 1 rings (SSSR count). The molecule has 1 aromatic carbocycles. The van der Waals surface area contributed by atoms with E-state index in [9.17, 15) is 9.18 Å². The van der Waals surface area contributed by atoms with Crippen molar-refractivity contribution in [3.63, 3.8) is 0 Å². The second-order valence-corrected chi connectivity index (χ2v) is 3.18. The molecular weight excluding hydrogens is 183 g/mol. The largest absolute Gasteiger partial charge is 0.481 e. The molecule has 0 radical (unpaired) electrons. The van der Waals surface area contributed by atoms with Crippen molar-refractivity contribution in [2.24, 2.45) is 0 Å². The van der Waals surface area contributed by atoms with Crippen LogP contribution in [0, 0.1) is 0 Å². The standard InChI is InChI=1S/C11H13FO2/c12-7-6-10(8-11(13)14)9-4-2-1-3-5-9/h1-5,10H,6-8H2,(H,13,14). The van der Waals surface area contributed by atoms with Crippen LogP contribution in [0.2, 0.25) is 0 Å². The third-order valence-electron chi connectivity index (χ3n) is 2.15. The number of hydrogen-bond donors (Lipinski definition) is 1. The van der Waals surface area contributed by atoms with Crippen molar-refractivity contribution in [1.82, 2.24) is 0 Å². The van der Waals surface area contributed by atoms with Crippen LogP contribution in [-0.4, -0.2) is 17.8 Å². The summed E-state index contributed by atoms with van der Waals surface area (Å²) in [5.41, 5.74) is 0.896. The van der Waals surface area contributed by atoms with Crippen LogP contribution in [0.25, 0.3) is 0 Å². The predicted octanol–water partition coefficient (Wildman–Crippen LogP) is 2.60. The van der Waals surface area contributed by atoms with Crippen molar-refractivity contribution in [3.05, 3.63) is 35.9 Å². The summed E-state index contributed by atoms with van der Waals surface area (Å²) in [4.78, 5) is 10.5. The second-order valence-electron chi connectivity index (χ2n) is 3.18. The number of benzene rings is 1. The zero-order valence-corrected chi connectivity index (χ0v) is 7.82. The van der Waals surface area contributed by atoms with Gasteiger partial charge in [-0.05, 0) is 17.9 Å². The molecule has 0 saturated heterocycles. The monoisotopic (exact) mass is 196 g/mol. The highest BCUT2D eigenvalue weighted by atomic mass is 19.1. The number of carboxylic acid groups (broad SMARTS) is 1. The lowest BCUT2D eigenvalue weighted by atomic mass is 9.93. The van der Waals surface area contributed by atoms with Gasteiger partial charge in [0.25, 0.3) is 0 Å². The fourth-order valence-corrected chi connectivity index (χ4v) is 1.45. The fourth-order valence-electron chi connectivity index (χ4n) is 1.45. The van der Waals surface area contributed by atoms with Gasteiger partial charge in [0.05, 0.1) is 13.1 Å². The van der Waals surface area contributed by atoms with Crippen molar-refractivity contribution in [2.45, 2.75) is 18.8 Å². The average Bonchev–Trinajstić information content (AvgIpc) is 2.18. The second kappa shape index (κ2) is 5.37. The van der Waals surface area contributed by atoms with E-state index in [1.165, 1.54) is 0 Å². The molecule has 0 spiro atoms. The van der Waals surface area contributed by atoms with Gasteiger partial charge in [-0.2, -0.15) is 0 Å². The molecule has 2 nitrogen and oxygen atoms in total. The first kappa shape index (κ1) is 10.7.